The van der Waals surface area contributed by atoms with Crippen LogP contribution in [0.2, 0.25) is 5.02 Å². The van der Waals surface area contributed by atoms with Crippen molar-refractivity contribution in [1.29, 1.82) is 0 Å². The van der Waals surface area contributed by atoms with Crippen LogP contribution in [-0.2, 0) is 0 Å². The van der Waals surface area contributed by atoms with Crippen molar-refractivity contribution < 1.29 is 9.13 Å². The van der Waals surface area contributed by atoms with Crippen LogP contribution in [0, 0.1) is 5.82 Å². The number of benzene rings is 1. The van der Waals surface area contributed by atoms with Crippen molar-refractivity contribution in [1.82, 2.24) is 5.32 Å². The van der Waals surface area contributed by atoms with Crippen LogP contribution in [0.1, 0.15) is 23.4 Å². The van der Waals surface area contributed by atoms with Crippen molar-refractivity contribution in [2.24, 2.45) is 0 Å². The number of methoxy groups -OCH3 is 1. The number of rotatable bonds is 5. The summed E-state index contributed by atoms with van der Waals surface area (Å²) < 4.78 is 18.7. The van der Waals surface area contributed by atoms with E-state index < -0.39 is 0 Å². The van der Waals surface area contributed by atoms with Gasteiger partial charge in [-0.3, -0.25) is 0 Å². The average molecular weight is 300 g/mol. The summed E-state index contributed by atoms with van der Waals surface area (Å²) in [5.41, 5.74) is 0.838. The molecule has 1 N–H and O–H groups in total. The quantitative estimate of drug-likeness (QED) is 0.891. The Hall–Kier alpha value is -1.10. The zero-order valence-electron chi connectivity index (χ0n) is 10.7. The highest BCUT2D eigenvalue weighted by molar-refractivity contribution is 7.10. The molecule has 0 aliphatic carbocycles. The minimum Gasteiger partial charge on any atom is -0.494 e. The first kappa shape index (κ1) is 14.3. The Balaban J connectivity index is 2.39. The monoisotopic (exact) mass is 299 g/mol. The van der Waals surface area contributed by atoms with Crippen LogP contribution in [0.5, 0.6) is 5.75 Å². The maximum Gasteiger partial charge on any atom is 0.165 e. The smallest absolute Gasteiger partial charge is 0.165 e. The molecule has 0 aliphatic heterocycles. The molecule has 0 radical (unpaired) electrons. The molecular formula is C14H15ClFNOS. The third-order valence-corrected chi connectivity index (χ3v) is 4.25. The Morgan fingerprint density at radius 3 is 2.74 bits per heavy atom. The van der Waals surface area contributed by atoms with E-state index in [4.69, 9.17) is 16.3 Å². The van der Waals surface area contributed by atoms with Gasteiger partial charge >= 0.3 is 0 Å². The van der Waals surface area contributed by atoms with Gasteiger partial charge in [0.2, 0.25) is 0 Å². The van der Waals surface area contributed by atoms with Crippen LogP contribution in [0.15, 0.2) is 29.6 Å². The normalized spacial score (nSPS) is 12.4. The summed E-state index contributed by atoms with van der Waals surface area (Å²) in [6, 6.07) is 6.73. The largest absolute Gasteiger partial charge is 0.494 e. The molecule has 2 aromatic rings. The van der Waals surface area contributed by atoms with E-state index in [9.17, 15) is 4.39 Å². The standard InChI is InChI=1S/C14H15ClFNOS/c1-3-17-13(14-10(15)6-7-19-14)9-4-5-12(18-2)11(16)8-9/h4-8,13,17H,3H2,1-2H3. The molecular weight excluding hydrogens is 285 g/mol. The van der Waals surface area contributed by atoms with E-state index in [2.05, 4.69) is 5.32 Å². The number of hydrogen-bond donors (Lipinski definition) is 1. The Kier molecular flexibility index (Phi) is 4.80. The predicted molar refractivity (Wildman–Crippen MR) is 77.8 cm³/mol. The Morgan fingerprint density at radius 1 is 1.42 bits per heavy atom. The minimum absolute atomic E-state index is 0.0992. The fourth-order valence-electron chi connectivity index (χ4n) is 1.94. The molecule has 0 aliphatic rings. The lowest BCUT2D eigenvalue weighted by atomic mass is 10.0. The van der Waals surface area contributed by atoms with Gasteiger partial charge in [0.1, 0.15) is 0 Å². The zero-order chi connectivity index (χ0) is 13.8. The molecule has 1 unspecified atom stereocenters. The van der Waals surface area contributed by atoms with Crippen LogP contribution in [-0.4, -0.2) is 13.7 Å². The van der Waals surface area contributed by atoms with Crippen LogP contribution in [0.25, 0.3) is 0 Å². The highest BCUT2D eigenvalue weighted by Crippen LogP contribution is 2.34. The lowest BCUT2D eigenvalue weighted by Crippen LogP contribution is -2.21. The van der Waals surface area contributed by atoms with Gasteiger partial charge in [0.15, 0.2) is 11.6 Å². The summed E-state index contributed by atoms with van der Waals surface area (Å²) in [4.78, 5) is 0.994. The van der Waals surface area contributed by atoms with Crippen LogP contribution in [0.3, 0.4) is 0 Å². The predicted octanol–water partition coefficient (Wildman–Crippen LogP) is 4.25. The number of ether oxygens (including phenoxy) is 1. The molecule has 1 aromatic heterocycles. The lowest BCUT2D eigenvalue weighted by Gasteiger charge is -2.18. The molecule has 0 amide bonds. The average Bonchev–Trinajstić information content (AvgIpc) is 2.82. The second kappa shape index (κ2) is 6.37. The number of thiophene rings is 1. The molecule has 0 fully saturated rings. The molecule has 0 saturated carbocycles. The number of nitrogens with one attached hydrogen (secondary N) is 1. The van der Waals surface area contributed by atoms with Crippen molar-refractivity contribution in [2.45, 2.75) is 13.0 Å². The molecule has 0 saturated heterocycles. The van der Waals surface area contributed by atoms with E-state index in [0.717, 1.165) is 17.0 Å². The van der Waals surface area contributed by atoms with E-state index in [-0.39, 0.29) is 17.6 Å². The fourth-order valence-corrected chi connectivity index (χ4v) is 3.21. The van der Waals surface area contributed by atoms with Crippen LogP contribution >= 0.6 is 22.9 Å². The van der Waals surface area contributed by atoms with E-state index in [1.807, 2.05) is 24.4 Å². The summed E-state index contributed by atoms with van der Waals surface area (Å²) >= 11 is 7.73. The van der Waals surface area contributed by atoms with Gasteiger partial charge in [-0.1, -0.05) is 24.6 Å². The van der Waals surface area contributed by atoms with Gasteiger partial charge in [0, 0.05) is 4.88 Å². The van der Waals surface area contributed by atoms with Gasteiger partial charge in [-0.05, 0) is 35.7 Å². The molecule has 0 spiro atoms. The summed E-state index contributed by atoms with van der Waals surface area (Å²) in [5.74, 6) is -0.119. The molecule has 1 aromatic carbocycles. The molecule has 102 valence electrons. The SMILES string of the molecule is CCNC(c1ccc(OC)c(F)c1)c1sccc1Cl. The first-order chi connectivity index (χ1) is 9.17. The van der Waals surface area contributed by atoms with Crippen molar-refractivity contribution in [3.05, 3.63) is 50.9 Å². The van der Waals surface area contributed by atoms with E-state index in [1.54, 1.807) is 17.4 Å². The third-order valence-electron chi connectivity index (χ3n) is 2.82. The first-order valence-corrected chi connectivity index (χ1v) is 7.22. The summed E-state index contributed by atoms with van der Waals surface area (Å²) in [6.45, 7) is 2.78. The van der Waals surface area contributed by atoms with Crippen LogP contribution in [0.4, 0.5) is 4.39 Å². The van der Waals surface area contributed by atoms with Crippen molar-refractivity contribution >= 4 is 22.9 Å². The highest BCUT2D eigenvalue weighted by Gasteiger charge is 2.18. The highest BCUT2D eigenvalue weighted by atomic mass is 35.5. The van der Waals surface area contributed by atoms with E-state index in [1.165, 1.54) is 13.2 Å². The van der Waals surface area contributed by atoms with Gasteiger partial charge in [-0.25, -0.2) is 4.39 Å². The maximum atomic E-state index is 13.8. The summed E-state index contributed by atoms with van der Waals surface area (Å²) in [7, 11) is 1.45. The zero-order valence-corrected chi connectivity index (χ0v) is 12.3. The van der Waals surface area contributed by atoms with Crippen LogP contribution < -0.4 is 10.1 Å². The fraction of sp³-hybridized carbons (Fsp3) is 0.286. The van der Waals surface area contributed by atoms with Crippen molar-refractivity contribution in [3.8, 4) is 5.75 Å². The Morgan fingerprint density at radius 2 is 2.21 bits per heavy atom. The lowest BCUT2D eigenvalue weighted by molar-refractivity contribution is 0.386. The van der Waals surface area contributed by atoms with E-state index in [0.29, 0.717) is 5.02 Å². The second-order valence-electron chi connectivity index (χ2n) is 4.02. The second-order valence-corrected chi connectivity index (χ2v) is 5.37. The molecule has 5 heteroatoms. The van der Waals surface area contributed by atoms with Gasteiger partial charge in [-0.2, -0.15) is 0 Å². The number of hydrogen-bond acceptors (Lipinski definition) is 3. The molecule has 19 heavy (non-hydrogen) atoms. The number of halogens is 2. The first-order valence-electron chi connectivity index (χ1n) is 5.97. The third kappa shape index (κ3) is 3.08. The van der Waals surface area contributed by atoms with Crippen molar-refractivity contribution in [2.75, 3.05) is 13.7 Å². The topological polar surface area (TPSA) is 21.3 Å². The minimum atomic E-state index is -0.365. The Bertz CT molecular complexity index is 558. The summed E-state index contributed by atoms with van der Waals surface area (Å²) in [5, 5.41) is 5.96. The summed E-state index contributed by atoms with van der Waals surface area (Å²) in [6.07, 6.45) is 0. The molecule has 1 atom stereocenters. The Labute approximate surface area is 121 Å². The van der Waals surface area contributed by atoms with Gasteiger partial charge in [0.25, 0.3) is 0 Å². The van der Waals surface area contributed by atoms with E-state index >= 15 is 0 Å². The van der Waals surface area contributed by atoms with Gasteiger partial charge in [-0.15, -0.1) is 11.3 Å². The maximum absolute atomic E-state index is 13.8. The van der Waals surface area contributed by atoms with Gasteiger partial charge < -0.3 is 10.1 Å². The van der Waals surface area contributed by atoms with Crippen molar-refractivity contribution in [3.63, 3.8) is 0 Å². The molecule has 1 heterocycles. The molecule has 0 bridgehead atoms. The van der Waals surface area contributed by atoms with Gasteiger partial charge in [0.05, 0.1) is 18.2 Å². The molecule has 2 rings (SSSR count). The molecule has 2 nitrogen and oxygen atoms in total.